The summed E-state index contributed by atoms with van der Waals surface area (Å²) in [5.41, 5.74) is 7.33. The number of benzene rings is 2. The molecule has 0 spiro atoms. The molecule has 0 amide bonds. The minimum absolute atomic E-state index is 0.246. The van der Waals surface area contributed by atoms with Crippen molar-refractivity contribution >= 4 is 16.6 Å². The normalized spacial score (nSPS) is 18.1. The van der Waals surface area contributed by atoms with Gasteiger partial charge in [-0.25, -0.2) is 4.98 Å². The van der Waals surface area contributed by atoms with Crippen LogP contribution in [0.5, 0.6) is 5.75 Å². The summed E-state index contributed by atoms with van der Waals surface area (Å²) in [6.45, 7) is 3.24. The van der Waals surface area contributed by atoms with Crippen LogP contribution in [0, 0.1) is 0 Å². The van der Waals surface area contributed by atoms with Crippen LogP contribution in [0.25, 0.3) is 10.8 Å². The van der Waals surface area contributed by atoms with Crippen LogP contribution in [0.3, 0.4) is 0 Å². The van der Waals surface area contributed by atoms with E-state index in [4.69, 9.17) is 10.5 Å². The molecule has 1 aromatic heterocycles. The Kier molecular flexibility index (Phi) is 5.02. The Morgan fingerprint density at radius 3 is 2.88 bits per heavy atom. The molecule has 2 N–H and O–H groups in total. The smallest absolute Gasteiger partial charge is 0.131 e. The number of nitrogen functional groups attached to an aromatic ring is 1. The SMILES string of the molecule is Nc1nccc2cc(OC3CCCN(CCc4ccccc4)C3)ccc12. The van der Waals surface area contributed by atoms with E-state index in [0.717, 1.165) is 49.0 Å². The van der Waals surface area contributed by atoms with Crippen molar-refractivity contribution in [1.29, 1.82) is 0 Å². The first-order valence-corrected chi connectivity index (χ1v) is 9.35. The third-order valence-corrected chi connectivity index (χ3v) is 5.09. The third-order valence-electron chi connectivity index (χ3n) is 5.09. The second kappa shape index (κ2) is 7.75. The number of aromatic nitrogens is 1. The lowest BCUT2D eigenvalue weighted by atomic mass is 10.1. The minimum Gasteiger partial charge on any atom is -0.489 e. The van der Waals surface area contributed by atoms with Gasteiger partial charge in [-0.15, -0.1) is 0 Å². The molecule has 2 aromatic carbocycles. The summed E-state index contributed by atoms with van der Waals surface area (Å²) in [5, 5.41) is 2.06. The van der Waals surface area contributed by atoms with E-state index in [9.17, 15) is 0 Å². The quantitative estimate of drug-likeness (QED) is 0.760. The lowest BCUT2D eigenvalue weighted by molar-refractivity contribution is 0.0894. The highest BCUT2D eigenvalue weighted by atomic mass is 16.5. The summed E-state index contributed by atoms with van der Waals surface area (Å²) < 4.78 is 6.28. The molecule has 134 valence electrons. The van der Waals surface area contributed by atoms with Crippen LogP contribution in [-0.4, -0.2) is 35.6 Å². The van der Waals surface area contributed by atoms with Gasteiger partial charge in [0.1, 0.15) is 17.7 Å². The molecule has 2 heterocycles. The Bertz CT molecular complexity index is 866. The molecule has 1 unspecified atom stereocenters. The maximum atomic E-state index is 6.28. The van der Waals surface area contributed by atoms with E-state index in [1.165, 1.54) is 12.0 Å². The Labute approximate surface area is 154 Å². The Morgan fingerprint density at radius 1 is 1.12 bits per heavy atom. The summed E-state index contributed by atoms with van der Waals surface area (Å²) in [7, 11) is 0. The molecule has 3 aromatic rings. The molecule has 4 nitrogen and oxygen atoms in total. The van der Waals surface area contributed by atoms with Gasteiger partial charge in [-0.1, -0.05) is 30.3 Å². The number of hydrogen-bond donors (Lipinski definition) is 1. The fourth-order valence-corrected chi connectivity index (χ4v) is 3.69. The zero-order valence-corrected chi connectivity index (χ0v) is 15.0. The number of nitrogens with zero attached hydrogens (tertiary/aromatic N) is 2. The highest BCUT2D eigenvalue weighted by molar-refractivity contribution is 5.91. The van der Waals surface area contributed by atoms with E-state index in [1.807, 2.05) is 18.2 Å². The lowest BCUT2D eigenvalue weighted by Crippen LogP contribution is -2.42. The zero-order chi connectivity index (χ0) is 17.8. The van der Waals surface area contributed by atoms with Gasteiger partial charge >= 0.3 is 0 Å². The predicted octanol–water partition coefficient (Wildman–Crippen LogP) is 3.90. The molecule has 1 aliphatic heterocycles. The van der Waals surface area contributed by atoms with Gasteiger partial charge in [0.15, 0.2) is 0 Å². The number of nitrogens with two attached hydrogens (primary N) is 1. The van der Waals surface area contributed by atoms with Gasteiger partial charge in [0.2, 0.25) is 0 Å². The first kappa shape index (κ1) is 16.9. The number of piperidine rings is 1. The average Bonchev–Trinajstić information content (AvgIpc) is 2.68. The second-order valence-corrected chi connectivity index (χ2v) is 7.00. The fraction of sp³-hybridized carbons (Fsp3) is 0.318. The van der Waals surface area contributed by atoms with Crippen molar-refractivity contribution in [2.45, 2.75) is 25.4 Å². The van der Waals surface area contributed by atoms with Crippen LogP contribution in [0.15, 0.2) is 60.8 Å². The van der Waals surface area contributed by atoms with Crippen molar-refractivity contribution in [2.75, 3.05) is 25.4 Å². The molecule has 1 saturated heterocycles. The van der Waals surface area contributed by atoms with E-state index >= 15 is 0 Å². The molecule has 26 heavy (non-hydrogen) atoms. The maximum Gasteiger partial charge on any atom is 0.131 e. The van der Waals surface area contributed by atoms with Crippen molar-refractivity contribution in [3.63, 3.8) is 0 Å². The highest BCUT2D eigenvalue weighted by Crippen LogP contribution is 2.26. The molecule has 4 rings (SSSR count). The van der Waals surface area contributed by atoms with Crippen LogP contribution in [0.4, 0.5) is 5.82 Å². The van der Waals surface area contributed by atoms with Gasteiger partial charge < -0.3 is 10.5 Å². The van der Waals surface area contributed by atoms with Crippen LogP contribution < -0.4 is 10.5 Å². The predicted molar refractivity (Wildman–Crippen MR) is 106 cm³/mol. The number of fused-ring (bicyclic) bond motifs is 1. The van der Waals surface area contributed by atoms with Crippen molar-refractivity contribution in [2.24, 2.45) is 0 Å². The van der Waals surface area contributed by atoms with E-state index < -0.39 is 0 Å². The average molecular weight is 347 g/mol. The molecular weight excluding hydrogens is 322 g/mol. The van der Waals surface area contributed by atoms with Crippen molar-refractivity contribution in [3.05, 3.63) is 66.4 Å². The standard InChI is InChI=1S/C22H25N3O/c23-22-21-9-8-19(15-18(21)10-12-24-22)26-20-7-4-13-25(16-20)14-11-17-5-2-1-3-6-17/h1-3,5-6,8-10,12,15,20H,4,7,11,13-14,16H2,(H2,23,24). The van der Waals surface area contributed by atoms with Gasteiger partial charge in [-0.3, -0.25) is 4.90 Å². The number of ether oxygens (including phenoxy) is 1. The zero-order valence-electron chi connectivity index (χ0n) is 15.0. The highest BCUT2D eigenvalue weighted by Gasteiger charge is 2.21. The first-order chi connectivity index (χ1) is 12.8. The molecule has 1 atom stereocenters. The molecular formula is C22H25N3O. The number of hydrogen-bond acceptors (Lipinski definition) is 4. The van der Waals surface area contributed by atoms with Gasteiger partial charge in [-0.05, 0) is 61.0 Å². The maximum absolute atomic E-state index is 6.28. The van der Waals surface area contributed by atoms with Gasteiger partial charge in [0.05, 0.1) is 0 Å². The molecule has 0 radical (unpaired) electrons. The molecule has 1 aliphatic rings. The van der Waals surface area contributed by atoms with Crippen molar-refractivity contribution in [3.8, 4) is 5.75 Å². The van der Waals surface area contributed by atoms with Crippen LogP contribution in [-0.2, 0) is 6.42 Å². The number of pyridine rings is 1. The summed E-state index contributed by atoms with van der Waals surface area (Å²) >= 11 is 0. The molecule has 0 bridgehead atoms. The minimum atomic E-state index is 0.246. The van der Waals surface area contributed by atoms with Gasteiger partial charge in [-0.2, -0.15) is 0 Å². The summed E-state index contributed by atoms with van der Waals surface area (Å²) in [6.07, 6.45) is 5.38. The van der Waals surface area contributed by atoms with Gasteiger partial charge in [0, 0.05) is 24.7 Å². The largest absolute Gasteiger partial charge is 0.489 e. The number of likely N-dealkylation sites (tertiary alicyclic amines) is 1. The number of anilines is 1. The van der Waals surface area contributed by atoms with Crippen molar-refractivity contribution < 1.29 is 4.74 Å². The summed E-state index contributed by atoms with van der Waals surface area (Å²) in [5.74, 6) is 1.48. The molecule has 1 fully saturated rings. The summed E-state index contributed by atoms with van der Waals surface area (Å²) in [4.78, 5) is 6.66. The van der Waals surface area contributed by atoms with E-state index in [1.54, 1.807) is 6.20 Å². The van der Waals surface area contributed by atoms with Crippen LogP contribution >= 0.6 is 0 Å². The lowest BCUT2D eigenvalue weighted by Gasteiger charge is -2.33. The van der Waals surface area contributed by atoms with Crippen molar-refractivity contribution in [1.82, 2.24) is 9.88 Å². The molecule has 0 aliphatic carbocycles. The van der Waals surface area contributed by atoms with Crippen LogP contribution in [0.2, 0.25) is 0 Å². The van der Waals surface area contributed by atoms with Crippen LogP contribution in [0.1, 0.15) is 18.4 Å². The third kappa shape index (κ3) is 3.97. The first-order valence-electron chi connectivity index (χ1n) is 9.35. The second-order valence-electron chi connectivity index (χ2n) is 7.00. The molecule has 4 heteroatoms. The fourth-order valence-electron chi connectivity index (χ4n) is 3.69. The number of rotatable bonds is 5. The topological polar surface area (TPSA) is 51.4 Å². The Hall–Kier alpha value is -2.59. The van der Waals surface area contributed by atoms with E-state index in [2.05, 4.69) is 46.3 Å². The molecule has 0 saturated carbocycles. The van der Waals surface area contributed by atoms with Gasteiger partial charge in [0.25, 0.3) is 0 Å². The summed E-state index contributed by atoms with van der Waals surface area (Å²) in [6, 6.07) is 18.7. The Balaban J connectivity index is 1.37. The van der Waals surface area contributed by atoms with E-state index in [-0.39, 0.29) is 6.10 Å². The van der Waals surface area contributed by atoms with E-state index in [0.29, 0.717) is 5.82 Å². The monoisotopic (exact) mass is 347 g/mol. The Morgan fingerprint density at radius 2 is 2.00 bits per heavy atom.